The van der Waals surface area contributed by atoms with Crippen molar-refractivity contribution in [3.8, 4) is 5.75 Å². The third kappa shape index (κ3) is 3.44. The molecule has 0 aliphatic carbocycles. The van der Waals surface area contributed by atoms with Crippen LogP contribution in [0, 0.1) is 0 Å². The first-order valence-electron chi connectivity index (χ1n) is 6.36. The lowest BCUT2D eigenvalue weighted by atomic mass is 10.3. The van der Waals surface area contributed by atoms with Gasteiger partial charge in [-0.1, -0.05) is 22.9 Å². The van der Waals surface area contributed by atoms with Crippen LogP contribution in [0.1, 0.15) is 10.6 Å². The number of hydrogen-bond donors (Lipinski definition) is 2. The summed E-state index contributed by atoms with van der Waals surface area (Å²) in [4.78, 5) is 16.2. The predicted octanol–water partition coefficient (Wildman–Crippen LogP) is 3.68. The summed E-state index contributed by atoms with van der Waals surface area (Å²) in [7, 11) is 1.55. The van der Waals surface area contributed by atoms with Gasteiger partial charge in [0, 0.05) is 6.07 Å². The molecule has 118 valence electrons. The third-order valence-corrected chi connectivity index (χ3v) is 4.29. The molecule has 0 fully saturated rings. The fourth-order valence-corrected chi connectivity index (χ4v) is 3.21. The lowest BCUT2D eigenvalue weighted by Gasteiger charge is -2.04. The highest BCUT2D eigenvalue weighted by molar-refractivity contribution is 7.80. The lowest BCUT2D eigenvalue weighted by Crippen LogP contribution is -2.33. The molecule has 0 unspecified atom stereocenters. The van der Waals surface area contributed by atoms with E-state index in [2.05, 4.69) is 15.6 Å². The van der Waals surface area contributed by atoms with Crippen LogP contribution in [-0.2, 0) is 0 Å². The predicted molar refractivity (Wildman–Crippen MR) is 93.6 cm³/mol. The van der Waals surface area contributed by atoms with Crippen LogP contribution in [0.3, 0.4) is 0 Å². The molecule has 1 aromatic carbocycles. The summed E-state index contributed by atoms with van der Waals surface area (Å²) in [6, 6.07) is 6.67. The molecule has 0 saturated heterocycles. The Kier molecular flexibility index (Phi) is 4.46. The monoisotopic (exact) mass is 367 g/mol. The maximum absolute atomic E-state index is 11.8. The van der Waals surface area contributed by atoms with Crippen molar-refractivity contribution >= 4 is 61.5 Å². The molecule has 0 spiro atoms. The number of hydrogen-bond acceptors (Lipinski definition) is 6. The van der Waals surface area contributed by atoms with Crippen LogP contribution in [0.4, 0.5) is 5.13 Å². The normalized spacial score (nSPS) is 10.5. The molecule has 23 heavy (non-hydrogen) atoms. The number of fused-ring (bicyclic) bond motifs is 1. The van der Waals surface area contributed by atoms with Gasteiger partial charge in [-0.05, 0) is 30.4 Å². The van der Waals surface area contributed by atoms with E-state index in [1.807, 2.05) is 0 Å². The smallest absolute Gasteiger partial charge is 0.293 e. The van der Waals surface area contributed by atoms with Gasteiger partial charge in [-0.2, -0.15) is 0 Å². The van der Waals surface area contributed by atoms with E-state index < -0.39 is 5.91 Å². The fraction of sp³-hybridized carbons (Fsp3) is 0.0714. The number of amides is 1. The van der Waals surface area contributed by atoms with Crippen LogP contribution in [-0.4, -0.2) is 23.1 Å². The zero-order chi connectivity index (χ0) is 16.4. The van der Waals surface area contributed by atoms with Crippen LogP contribution < -0.4 is 15.4 Å². The van der Waals surface area contributed by atoms with Gasteiger partial charge < -0.3 is 14.5 Å². The average molecular weight is 368 g/mol. The number of halogens is 1. The first kappa shape index (κ1) is 15.7. The van der Waals surface area contributed by atoms with Gasteiger partial charge >= 0.3 is 0 Å². The van der Waals surface area contributed by atoms with Gasteiger partial charge in [0.15, 0.2) is 16.0 Å². The van der Waals surface area contributed by atoms with E-state index in [1.165, 1.54) is 17.6 Å². The highest BCUT2D eigenvalue weighted by Gasteiger charge is 2.13. The lowest BCUT2D eigenvalue weighted by molar-refractivity contribution is 0.0950. The number of thiocarbonyl (C=S) groups is 1. The standard InChI is InChI=1S/C14H10ClN3O3S2/c1-20-10-6-11-8(5-7(10)15)16-14(23-11)18-13(22)17-12(19)9-3-2-4-21-9/h2-6H,1H3,(H2,16,17,18,19,22). The van der Waals surface area contributed by atoms with Gasteiger partial charge in [-0.3, -0.25) is 10.1 Å². The van der Waals surface area contributed by atoms with Gasteiger partial charge in [0.2, 0.25) is 0 Å². The van der Waals surface area contributed by atoms with E-state index in [9.17, 15) is 4.79 Å². The molecule has 0 aliphatic heterocycles. The van der Waals surface area contributed by atoms with Crippen molar-refractivity contribution < 1.29 is 13.9 Å². The molecular formula is C14H10ClN3O3S2. The molecule has 0 bridgehead atoms. The van der Waals surface area contributed by atoms with Gasteiger partial charge in [-0.25, -0.2) is 4.98 Å². The van der Waals surface area contributed by atoms with E-state index in [1.54, 1.807) is 31.4 Å². The minimum atomic E-state index is -0.432. The number of furan rings is 1. The van der Waals surface area contributed by atoms with Crippen molar-refractivity contribution in [2.45, 2.75) is 0 Å². The molecule has 0 aliphatic rings. The Balaban J connectivity index is 1.73. The van der Waals surface area contributed by atoms with Crippen molar-refractivity contribution in [2.75, 3.05) is 12.4 Å². The second-order valence-electron chi connectivity index (χ2n) is 4.36. The highest BCUT2D eigenvalue weighted by atomic mass is 35.5. The molecule has 6 nitrogen and oxygen atoms in total. The number of rotatable bonds is 3. The van der Waals surface area contributed by atoms with Crippen molar-refractivity contribution in [3.63, 3.8) is 0 Å². The molecule has 9 heteroatoms. The number of benzene rings is 1. The van der Waals surface area contributed by atoms with Crippen molar-refractivity contribution in [1.29, 1.82) is 0 Å². The molecule has 0 radical (unpaired) electrons. The van der Waals surface area contributed by atoms with Gasteiger partial charge in [-0.15, -0.1) is 0 Å². The molecule has 2 heterocycles. The maximum Gasteiger partial charge on any atom is 0.293 e. The maximum atomic E-state index is 11.8. The number of carbonyl (C=O) groups excluding carboxylic acids is 1. The Morgan fingerprint density at radius 2 is 2.30 bits per heavy atom. The van der Waals surface area contributed by atoms with E-state index in [0.29, 0.717) is 21.4 Å². The van der Waals surface area contributed by atoms with Gasteiger partial charge in [0.25, 0.3) is 5.91 Å². The van der Waals surface area contributed by atoms with Crippen molar-refractivity contribution in [2.24, 2.45) is 0 Å². The van der Waals surface area contributed by atoms with Crippen LogP contribution in [0.25, 0.3) is 10.2 Å². The summed E-state index contributed by atoms with van der Waals surface area (Å²) < 4.78 is 11.0. The van der Waals surface area contributed by atoms with Crippen LogP contribution >= 0.6 is 35.2 Å². The summed E-state index contributed by atoms with van der Waals surface area (Å²) in [6.07, 6.45) is 1.41. The Morgan fingerprint density at radius 1 is 1.48 bits per heavy atom. The largest absolute Gasteiger partial charge is 0.495 e. The Labute approximate surface area is 145 Å². The summed E-state index contributed by atoms with van der Waals surface area (Å²) in [5, 5.41) is 6.52. The van der Waals surface area contributed by atoms with E-state index in [0.717, 1.165) is 4.70 Å². The minimum Gasteiger partial charge on any atom is -0.495 e. The molecule has 1 amide bonds. The van der Waals surface area contributed by atoms with Crippen LogP contribution in [0.5, 0.6) is 5.75 Å². The fourth-order valence-electron chi connectivity index (χ4n) is 1.84. The number of anilines is 1. The number of thiazole rings is 1. The molecule has 0 saturated carbocycles. The number of methoxy groups -OCH3 is 1. The Hall–Kier alpha value is -2.16. The summed E-state index contributed by atoms with van der Waals surface area (Å²) in [6.45, 7) is 0. The molecule has 2 aromatic heterocycles. The number of nitrogens with zero attached hydrogens (tertiary/aromatic N) is 1. The topological polar surface area (TPSA) is 76.4 Å². The summed E-state index contributed by atoms with van der Waals surface area (Å²) in [5.74, 6) is 0.316. The SMILES string of the molecule is COc1cc2sc(NC(=S)NC(=O)c3ccco3)nc2cc1Cl. The van der Waals surface area contributed by atoms with Crippen LogP contribution in [0.15, 0.2) is 34.9 Å². The van der Waals surface area contributed by atoms with E-state index in [4.69, 9.17) is 33.0 Å². The Morgan fingerprint density at radius 3 is 3.00 bits per heavy atom. The van der Waals surface area contributed by atoms with E-state index >= 15 is 0 Å². The zero-order valence-electron chi connectivity index (χ0n) is 11.8. The first-order valence-corrected chi connectivity index (χ1v) is 7.97. The molecule has 2 N–H and O–H groups in total. The molecular weight excluding hydrogens is 358 g/mol. The highest BCUT2D eigenvalue weighted by Crippen LogP contribution is 2.34. The Bertz CT molecular complexity index is 877. The number of nitrogens with one attached hydrogen (secondary N) is 2. The average Bonchev–Trinajstić information content (AvgIpc) is 3.14. The summed E-state index contributed by atoms with van der Waals surface area (Å²) in [5.41, 5.74) is 0.712. The second-order valence-corrected chi connectivity index (χ2v) is 6.21. The number of aromatic nitrogens is 1. The second kappa shape index (κ2) is 6.53. The quantitative estimate of drug-likeness (QED) is 0.688. The minimum absolute atomic E-state index is 0.128. The molecule has 3 rings (SSSR count). The zero-order valence-corrected chi connectivity index (χ0v) is 14.1. The summed E-state index contributed by atoms with van der Waals surface area (Å²) >= 11 is 12.5. The first-order chi connectivity index (χ1) is 11.1. The number of ether oxygens (including phenoxy) is 1. The van der Waals surface area contributed by atoms with Gasteiger partial charge in [0.05, 0.1) is 28.6 Å². The molecule has 3 aromatic rings. The molecule has 0 atom stereocenters. The third-order valence-electron chi connectivity index (χ3n) is 2.85. The van der Waals surface area contributed by atoms with E-state index in [-0.39, 0.29) is 10.9 Å². The van der Waals surface area contributed by atoms with Gasteiger partial charge in [0.1, 0.15) is 5.75 Å². The van der Waals surface area contributed by atoms with Crippen molar-refractivity contribution in [1.82, 2.24) is 10.3 Å². The van der Waals surface area contributed by atoms with Crippen molar-refractivity contribution in [3.05, 3.63) is 41.3 Å². The number of carbonyl (C=O) groups is 1. The van der Waals surface area contributed by atoms with Crippen LogP contribution in [0.2, 0.25) is 5.02 Å².